The molecule has 1 aliphatic heterocycles. The molecule has 3 aromatic rings. The lowest BCUT2D eigenvalue weighted by molar-refractivity contribution is 0.0509. The van der Waals surface area contributed by atoms with Crippen molar-refractivity contribution in [2.75, 3.05) is 24.5 Å². The molecular weight excluding hydrogens is 456 g/mol. The van der Waals surface area contributed by atoms with Crippen molar-refractivity contribution in [3.8, 4) is 0 Å². The first-order chi connectivity index (χ1) is 15.8. The van der Waals surface area contributed by atoms with Crippen molar-refractivity contribution >= 4 is 33.0 Å². The van der Waals surface area contributed by atoms with Gasteiger partial charge in [0.25, 0.3) is 15.9 Å². The lowest BCUT2D eigenvalue weighted by atomic mass is 10.1. The number of anilines is 1. The van der Waals surface area contributed by atoms with Gasteiger partial charge in [0.05, 0.1) is 23.2 Å². The van der Waals surface area contributed by atoms with E-state index in [4.69, 9.17) is 4.74 Å². The molecule has 0 saturated carbocycles. The number of amides is 1. The van der Waals surface area contributed by atoms with Crippen LogP contribution in [-0.4, -0.2) is 45.5 Å². The molecule has 1 atom stereocenters. The number of benzene rings is 2. The monoisotopic (exact) mass is 484 g/mol. The third-order valence-corrected chi connectivity index (χ3v) is 8.48. The fraction of sp³-hybridized carbons (Fsp3) is 0.320. The smallest absolute Gasteiger partial charge is 0.264 e. The average Bonchev–Trinajstić information content (AvgIpc) is 3.52. The van der Waals surface area contributed by atoms with Crippen LogP contribution in [0, 0.1) is 6.92 Å². The first-order valence-corrected chi connectivity index (χ1v) is 13.3. The summed E-state index contributed by atoms with van der Waals surface area (Å²) < 4.78 is 33.0. The van der Waals surface area contributed by atoms with Crippen LogP contribution in [0.5, 0.6) is 0 Å². The van der Waals surface area contributed by atoms with Crippen LogP contribution in [0.15, 0.2) is 70.9 Å². The van der Waals surface area contributed by atoms with Crippen molar-refractivity contribution in [3.05, 3.63) is 82.0 Å². The summed E-state index contributed by atoms with van der Waals surface area (Å²) in [6.07, 6.45) is 2.02. The Bertz CT molecular complexity index is 1170. The number of rotatable bonds is 8. The Hall–Kier alpha value is -2.68. The van der Waals surface area contributed by atoms with Gasteiger partial charge in [-0.05, 0) is 67.6 Å². The minimum atomic E-state index is -3.69. The van der Waals surface area contributed by atoms with Crippen LogP contribution in [0.1, 0.15) is 33.6 Å². The van der Waals surface area contributed by atoms with Crippen LogP contribution in [-0.2, 0) is 21.3 Å². The highest BCUT2D eigenvalue weighted by atomic mass is 32.2. The molecule has 0 spiro atoms. The van der Waals surface area contributed by atoms with E-state index in [1.807, 2.05) is 29.3 Å². The molecule has 1 aliphatic rings. The van der Waals surface area contributed by atoms with Crippen LogP contribution in [0.3, 0.4) is 0 Å². The molecule has 6 nitrogen and oxygen atoms in total. The highest BCUT2D eigenvalue weighted by molar-refractivity contribution is 7.92. The third-order valence-electron chi connectivity index (χ3n) is 5.82. The molecule has 0 N–H and O–H groups in total. The zero-order chi connectivity index (χ0) is 23.4. The zero-order valence-corrected chi connectivity index (χ0v) is 20.4. The molecule has 2 aromatic carbocycles. The molecule has 1 amide bonds. The number of hydrogen-bond acceptors (Lipinski definition) is 5. The third kappa shape index (κ3) is 5.46. The minimum absolute atomic E-state index is 0.0546. The fourth-order valence-corrected chi connectivity index (χ4v) is 5.76. The predicted octanol–water partition coefficient (Wildman–Crippen LogP) is 4.70. The Morgan fingerprint density at radius 1 is 1.09 bits per heavy atom. The molecule has 0 radical (unpaired) electrons. The SMILES string of the molecule is Cc1ccc(S(=O)(=O)N(C)c2ccc(C(=O)N(Cc3cccs3)CC3CCCO3)cc2)cc1. The molecule has 1 unspecified atom stereocenters. The van der Waals surface area contributed by atoms with E-state index >= 15 is 0 Å². The van der Waals surface area contributed by atoms with Crippen molar-refractivity contribution < 1.29 is 17.9 Å². The van der Waals surface area contributed by atoms with E-state index in [9.17, 15) is 13.2 Å². The Balaban J connectivity index is 1.52. The summed E-state index contributed by atoms with van der Waals surface area (Å²) in [6, 6.07) is 17.5. The highest BCUT2D eigenvalue weighted by Gasteiger charge is 2.25. The topological polar surface area (TPSA) is 66.9 Å². The van der Waals surface area contributed by atoms with Gasteiger partial charge in [0.1, 0.15) is 0 Å². The summed E-state index contributed by atoms with van der Waals surface area (Å²) in [6.45, 7) is 3.72. The van der Waals surface area contributed by atoms with E-state index < -0.39 is 10.0 Å². The summed E-state index contributed by atoms with van der Waals surface area (Å²) in [7, 11) is -2.17. The van der Waals surface area contributed by atoms with E-state index in [1.165, 1.54) is 11.4 Å². The Labute approximate surface area is 199 Å². The van der Waals surface area contributed by atoms with Crippen molar-refractivity contribution in [2.45, 2.75) is 37.3 Å². The molecule has 4 rings (SSSR count). The first kappa shape index (κ1) is 23.5. The maximum Gasteiger partial charge on any atom is 0.264 e. The minimum Gasteiger partial charge on any atom is -0.376 e. The van der Waals surface area contributed by atoms with Crippen LogP contribution in [0.4, 0.5) is 5.69 Å². The second-order valence-corrected chi connectivity index (χ2v) is 11.2. The Kier molecular flexibility index (Phi) is 7.17. The predicted molar refractivity (Wildman–Crippen MR) is 131 cm³/mol. The highest BCUT2D eigenvalue weighted by Crippen LogP contribution is 2.24. The number of carbonyl (C=O) groups is 1. The number of nitrogens with zero attached hydrogens (tertiary/aromatic N) is 2. The molecule has 1 aromatic heterocycles. The summed E-state index contributed by atoms with van der Waals surface area (Å²) in [5.41, 5.74) is 2.01. The van der Waals surface area contributed by atoms with Gasteiger partial charge >= 0.3 is 0 Å². The molecule has 1 saturated heterocycles. The average molecular weight is 485 g/mol. The number of hydrogen-bond donors (Lipinski definition) is 0. The molecular formula is C25H28N2O4S2. The number of aryl methyl sites for hydroxylation is 1. The van der Waals surface area contributed by atoms with Crippen molar-refractivity contribution in [1.82, 2.24) is 4.90 Å². The molecule has 0 bridgehead atoms. The molecule has 8 heteroatoms. The Morgan fingerprint density at radius 2 is 1.82 bits per heavy atom. The van der Waals surface area contributed by atoms with Gasteiger partial charge in [-0.2, -0.15) is 0 Å². The number of sulfonamides is 1. The summed E-state index contributed by atoms with van der Waals surface area (Å²) in [4.78, 5) is 16.5. The van der Waals surface area contributed by atoms with Gasteiger partial charge in [-0.1, -0.05) is 23.8 Å². The van der Waals surface area contributed by atoms with Crippen molar-refractivity contribution in [1.29, 1.82) is 0 Å². The van der Waals surface area contributed by atoms with Crippen LogP contribution in [0.25, 0.3) is 0 Å². The molecule has 174 valence electrons. The molecule has 2 heterocycles. The van der Waals surface area contributed by atoms with Crippen molar-refractivity contribution in [3.63, 3.8) is 0 Å². The van der Waals surface area contributed by atoms with Crippen LogP contribution in [0.2, 0.25) is 0 Å². The summed E-state index contributed by atoms with van der Waals surface area (Å²) >= 11 is 1.62. The largest absolute Gasteiger partial charge is 0.376 e. The van der Waals surface area contributed by atoms with Gasteiger partial charge < -0.3 is 9.64 Å². The second-order valence-electron chi connectivity index (χ2n) is 8.23. The molecule has 1 fully saturated rings. The van der Waals surface area contributed by atoms with Gasteiger partial charge in [0, 0.05) is 30.6 Å². The van der Waals surface area contributed by atoms with Gasteiger partial charge in [-0.3, -0.25) is 9.10 Å². The zero-order valence-electron chi connectivity index (χ0n) is 18.8. The van der Waals surface area contributed by atoms with Crippen LogP contribution < -0.4 is 4.31 Å². The standard InChI is InChI=1S/C25H28N2O4S2/c1-19-7-13-24(14-8-19)33(29,30)26(2)21-11-9-20(10-12-21)25(28)27(17-22-5-3-15-31-22)18-23-6-4-16-32-23/h4,6-14,16,22H,3,5,15,17-18H2,1-2H3. The van der Waals surface area contributed by atoms with E-state index in [0.717, 1.165) is 29.9 Å². The number of thiophene rings is 1. The normalized spacial score (nSPS) is 16.0. The first-order valence-electron chi connectivity index (χ1n) is 10.9. The lowest BCUT2D eigenvalue weighted by Gasteiger charge is -2.25. The fourth-order valence-electron chi connectivity index (χ4n) is 3.85. The molecule has 33 heavy (non-hydrogen) atoms. The second kappa shape index (κ2) is 10.1. The summed E-state index contributed by atoms with van der Waals surface area (Å²) in [5, 5.41) is 2.00. The van der Waals surface area contributed by atoms with Gasteiger partial charge in [-0.25, -0.2) is 8.42 Å². The van der Waals surface area contributed by atoms with Crippen LogP contribution >= 0.6 is 11.3 Å². The Morgan fingerprint density at radius 3 is 2.42 bits per heavy atom. The van der Waals surface area contributed by atoms with E-state index in [1.54, 1.807) is 59.9 Å². The summed E-state index contributed by atoms with van der Waals surface area (Å²) in [5.74, 6) is -0.0884. The number of ether oxygens (including phenoxy) is 1. The van der Waals surface area contributed by atoms with E-state index in [2.05, 4.69) is 0 Å². The quantitative estimate of drug-likeness (QED) is 0.465. The van der Waals surface area contributed by atoms with Gasteiger partial charge in [0.15, 0.2) is 0 Å². The van der Waals surface area contributed by atoms with E-state index in [-0.39, 0.29) is 16.9 Å². The lowest BCUT2D eigenvalue weighted by Crippen LogP contribution is -2.36. The van der Waals surface area contributed by atoms with E-state index in [0.29, 0.717) is 24.3 Å². The molecule has 0 aliphatic carbocycles. The van der Waals surface area contributed by atoms with Gasteiger partial charge in [0.2, 0.25) is 0 Å². The number of carbonyl (C=O) groups excluding carboxylic acids is 1. The maximum atomic E-state index is 13.3. The maximum absolute atomic E-state index is 13.3. The van der Waals surface area contributed by atoms with Gasteiger partial charge in [-0.15, -0.1) is 11.3 Å². The van der Waals surface area contributed by atoms with Crippen molar-refractivity contribution in [2.24, 2.45) is 0 Å².